The summed E-state index contributed by atoms with van der Waals surface area (Å²) in [6, 6.07) is 10.1. The number of nitrogen functional groups attached to an aromatic ring is 1. The number of anilines is 1. The van der Waals surface area contributed by atoms with E-state index < -0.39 is 0 Å². The smallest absolute Gasteiger partial charge is 0.125 e. The number of hydrogen-bond acceptors (Lipinski definition) is 2. The van der Waals surface area contributed by atoms with E-state index in [4.69, 9.17) is 10.5 Å². The molecular weight excluding hydrogens is 229 g/mol. The topological polar surface area (TPSA) is 35.2 Å². The van der Waals surface area contributed by atoms with E-state index in [1.54, 1.807) is 6.07 Å². The molecule has 2 aromatic rings. The number of ether oxygens (including phenoxy) is 1. The molecular formula is C15H16FNO. The van der Waals surface area contributed by atoms with E-state index in [-0.39, 0.29) is 5.82 Å². The predicted octanol–water partition coefficient (Wildman–Crippen LogP) is 3.60. The molecule has 0 atom stereocenters. The molecule has 0 aliphatic rings. The number of aryl methyl sites for hydroxylation is 2. The molecule has 0 bridgehead atoms. The van der Waals surface area contributed by atoms with Crippen LogP contribution in [0.4, 0.5) is 10.1 Å². The molecule has 2 aromatic carbocycles. The maximum atomic E-state index is 13.0. The van der Waals surface area contributed by atoms with E-state index in [0.717, 1.165) is 28.1 Å². The standard InChI is InChI=1S/C15H16FNO/c1-10-6-14(17)7-11(2)15(10)18-9-12-4-3-5-13(16)8-12/h3-8H,9,17H2,1-2H3. The molecule has 2 nitrogen and oxygen atoms in total. The van der Waals surface area contributed by atoms with E-state index in [1.165, 1.54) is 12.1 Å². The van der Waals surface area contributed by atoms with Crippen LogP contribution >= 0.6 is 0 Å². The SMILES string of the molecule is Cc1cc(N)cc(C)c1OCc1cccc(F)c1. The van der Waals surface area contributed by atoms with Crippen LogP contribution in [0, 0.1) is 19.7 Å². The van der Waals surface area contributed by atoms with E-state index in [9.17, 15) is 4.39 Å². The second-order valence-corrected chi connectivity index (χ2v) is 4.40. The molecule has 18 heavy (non-hydrogen) atoms. The highest BCUT2D eigenvalue weighted by molar-refractivity contribution is 5.52. The molecule has 0 heterocycles. The summed E-state index contributed by atoms with van der Waals surface area (Å²) in [6.07, 6.45) is 0. The zero-order chi connectivity index (χ0) is 13.1. The highest BCUT2D eigenvalue weighted by Gasteiger charge is 2.06. The zero-order valence-electron chi connectivity index (χ0n) is 10.5. The van der Waals surface area contributed by atoms with Gasteiger partial charge in [-0.1, -0.05) is 12.1 Å². The Balaban J connectivity index is 2.16. The van der Waals surface area contributed by atoms with Crippen molar-refractivity contribution >= 4 is 5.69 Å². The zero-order valence-corrected chi connectivity index (χ0v) is 10.5. The lowest BCUT2D eigenvalue weighted by molar-refractivity contribution is 0.301. The highest BCUT2D eigenvalue weighted by atomic mass is 19.1. The van der Waals surface area contributed by atoms with Crippen molar-refractivity contribution in [3.05, 3.63) is 58.9 Å². The third-order valence-corrected chi connectivity index (χ3v) is 2.75. The summed E-state index contributed by atoms with van der Waals surface area (Å²) in [4.78, 5) is 0. The van der Waals surface area contributed by atoms with Crippen LogP contribution < -0.4 is 10.5 Å². The molecule has 0 radical (unpaired) electrons. The minimum Gasteiger partial charge on any atom is -0.488 e. The van der Waals surface area contributed by atoms with Crippen molar-refractivity contribution in [2.45, 2.75) is 20.5 Å². The highest BCUT2D eigenvalue weighted by Crippen LogP contribution is 2.26. The fraction of sp³-hybridized carbons (Fsp3) is 0.200. The van der Waals surface area contributed by atoms with Gasteiger partial charge in [0.15, 0.2) is 0 Å². The number of benzene rings is 2. The normalized spacial score (nSPS) is 10.4. The van der Waals surface area contributed by atoms with Crippen LogP contribution in [-0.4, -0.2) is 0 Å². The Bertz CT molecular complexity index is 543. The Morgan fingerprint density at radius 2 is 1.78 bits per heavy atom. The monoisotopic (exact) mass is 245 g/mol. The van der Waals surface area contributed by atoms with Crippen LogP contribution in [0.15, 0.2) is 36.4 Å². The van der Waals surface area contributed by atoms with Gasteiger partial charge in [-0.15, -0.1) is 0 Å². The summed E-state index contributed by atoms with van der Waals surface area (Å²) in [5.41, 5.74) is 9.27. The first-order valence-corrected chi connectivity index (χ1v) is 5.80. The van der Waals surface area contributed by atoms with Gasteiger partial charge in [0.1, 0.15) is 18.2 Å². The minimum absolute atomic E-state index is 0.248. The van der Waals surface area contributed by atoms with E-state index in [0.29, 0.717) is 6.61 Å². The van der Waals surface area contributed by atoms with Crippen molar-refractivity contribution in [2.75, 3.05) is 5.73 Å². The Hall–Kier alpha value is -2.03. The summed E-state index contributed by atoms with van der Waals surface area (Å²) in [7, 11) is 0. The van der Waals surface area contributed by atoms with Gasteiger partial charge in [-0.05, 0) is 54.8 Å². The Labute approximate surface area is 106 Å². The summed E-state index contributed by atoms with van der Waals surface area (Å²) in [5, 5.41) is 0. The maximum absolute atomic E-state index is 13.0. The Morgan fingerprint density at radius 1 is 1.11 bits per heavy atom. The van der Waals surface area contributed by atoms with Crippen molar-refractivity contribution in [2.24, 2.45) is 0 Å². The van der Waals surface area contributed by atoms with E-state index in [2.05, 4.69) is 0 Å². The first kappa shape index (κ1) is 12.4. The summed E-state index contributed by atoms with van der Waals surface area (Å²) in [5.74, 6) is 0.565. The fourth-order valence-corrected chi connectivity index (χ4v) is 1.99. The number of rotatable bonds is 3. The third kappa shape index (κ3) is 2.80. The average Bonchev–Trinajstić information content (AvgIpc) is 2.27. The molecule has 2 N–H and O–H groups in total. The van der Waals surface area contributed by atoms with Gasteiger partial charge in [-0.2, -0.15) is 0 Å². The quantitative estimate of drug-likeness (QED) is 0.838. The van der Waals surface area contributed by atoms with Crippen LogP contribution in [0.5, 0.6) is 5.75 Å². The molecule has 0 spiro atoms. The van der Waals surface area contributed by atoms with Gasteiger partial charge in [-0.25, -0.2) is 4.39 Å². The maximum Gasteiger partial charge on any atom is 0.125 e. The molecule has 0 aliphatic carbocycles. The molecule has 0 unspecified atom stereocenters. The lowest BCUT2D eigenvalue weighted by Gasteiger charge is -2.13. The molecule has 0 saturated carbocycles. The van der Waals surface area contributed by atoms with Gasteiger partial charge < -0.3 is 10.5 Å². The van der Waals surface area contributed by atoms with Crippen LogP contribution in [0.3, 0.4) is 0 Å². The Morgan fingerprint density at radius 3 is 2.39 bits per heavy atom. The van der Waals surface area contributed by atoms with Crippen LogP contribution in [0.2, 0.25) is 0 Å². The largest absolute Gasteiger partial charge is 0.488 e. The van der Waals surface area contributed by atoms with Crippen LogP contribution in [0.25, 0.3) is 0 Å². The minimum atomic E-state index is -0.248. The first-order chi connectivity index (χ1) is 8.56. The molecule has 0 fully saturated rings. The van der Waals surface area contributed by atoms with Gasteiger partial charge in [0.05, 0.1) is 0 Å². The van der Waals surface area contributed by atoms with Crippen LogP contribution in [-0.2, 0) is 6.61 Å². The molecule has 3 heteroatoms. The number of nitrogens with two attached hydrogens (primary N) is 1. The van der Waals surface area contributed by atoms with Gasteiger partial charge in [0.2, 0.25) is 0 Å². The summed E-state index contributed by atoms with van der Waals surface area (Å²) in [6.45, 7) is 4.25. The second kappa shape index (κ2) is 5.08. The van der Waals surface area contributed by atoms with Crippen molar-refractivity contribution < 1.29 is 9.13 Å². The Kier molecular flexibility index (Phi) is 3.51. The molecule has 94 valence electrons. The van der Waals surface area contributed by atoms with Crippen LogP contribution in [0.1, 0.15) is 16.7 Å². The van der Waals surface area contributed by atoms with Gasteiger partial charge in [0, 0.05) is 5.69 Å². The fourth-order valence-electron chi connectivity index (χ4n) is 1.99. The molecule has 0 amide bonds. The second-order valence-electron chi connectivity index (χ2n) is 4.40. The van der Waals surface area contributed by atoms with Gasteiger partial charge in [0.25, 0.3) is 0 Å². The number of halogens is 1. The van der Waals surface area contributed by atoms with E-state index >= 15 is 0 Å². The van der Waals surface area contributed by atoms with Gasteiger partial charge in [-0.3, -0.25) is 0 Å². The first-order valence-electron chi connectivity index (χ1n) is 5.80. The predicted molar refractivity (Wildman–Crippen MR) is 71.1 cm³/mol. The third-order valence-electron chi connectivity index (χ3n) is 2.75. The molecule has 0 aliphatic heterocycles. The van der Waals surface area contributed by atoms with Crippen molar-refractivity contribution in [3.63, 3.8) is 0 Å². The van der Waals surface area contributed by atoms with Crippen molar-refractivity contribution in [1.29, 1.82) is 0 Å². The molecule has 0 saturated heterocycles. The average molecular weight is 245 g/mol. The lowest BCUT2D eigenvalue weighted by atomic mass is 10.1. The molecule has 0 aromatic heterocycles. The number of hydrogen-bond donors (Lipinski definition) is 1. The summed E-state index contributed by atoms with van der Waals surface area (Å²) < 4.78 is 18.8. The van der Waals surface area contributed by atoms with Gasteiger partial charge >= 0.3 is 0 Å². The molecule has 2 rings (SSSR count). The summed E-state index contributed by atoms with van der Waals surface area (Å²) >= 11 is 0. The van der Waals surface area contributed by atoms with Crippen molar-refractivity contribution in [1.82, 2.24) is 0 Å². The van der Waals surface area contributed by atoms with E-state index in [1.807, 2.05) is 32.0 Å². The lowest BCUT2D eigenvalue weighted by Crippen LogP contribution is -2.00. The van der Waals surface area contributed by atoms with Crippen molar-refractivity contribution in [3.8, 4) is 5.75 Å².